The van der Waals surface area contributed by atoms with Gasteiger partial charge in [0.15, 0.2) is 5.69 Å². The molecule has 2 N–H and O–H groups in total. The molecule has 0 aliphatic heterocycles. The molecule has 1 aromatic carbocycles. The SMILES string of the molecule is CCOC(=O)c1n[nH]nc1-c1c(C)c([N+](=O)[O-])cc(C)c1O. The van der Waals surface area contributed by atoms with Gasteiger partial charge in [0.25, 0.3) is 5.69 Å². The molecular weight excluding hydrogens is 292 g/mol. The van der Waals surface area contributed by atoms with E-state index in [1.165, 1.54) is 19.9 Å². The summed E-state index contributed by atoms with van der Waals surface area (Å²) >= 11 is 0. The van der Waals surface area contributed by atoms with E-state index in [1.54, 1.807) is 6.92 Å². The Balaban J connectivity index is 2.71. The fraction of sp³-hybridized carbons (Fsp3) is 0.308. The van der Waals surface area contributed by atoms with Crippen LogP contribution >= 0.6 is 0 Å². The van der Waals surface area contributed by atoms with E-state index in [4.69, 9.17) is 4.74 Å². The van der Waals surface area contributed by atoms with Crippen molar-refractivity contribution >= 4 is 11.7 Å². The Labute approximate surface area is 125 Å². The number of carbonyl (C=O) groups is 1. The van der Waals surface area contributed by atoms with Gasteiger partial charge in [-0.05, 0) is 26.3 Å². The molecule has 2 aromatic rings. The molecule has 9 nitrogen and oxygen atoms in total. The standard InChI is InChI=1S/C13H14N4O5/c1-4-22-13(19)11-10(14-16-15-11)9-7(3)8(17(20)21)5-6(2)12(9)18/h5,18H,4H2,1-3H3,(H,14,15,16). The monoisotopic (exact) mass is 306 g/mol. The molecule has 0 amide bonds. The van der Waals surface area contributed by atoms with Crippen molar-refractivity contribution in [1.82, 2.24) is 15.4 Å². The van der Waals surface area contributed by atoms with Crippen LogP contribution in [-0.2, 0) is 4.74 Å². The first-order chi connectivity index (χ1) is 10.4. The normalized spacial score (nSPS) is 10.5. The van der Waals surface area contributed by atoms with E-state index in [0.717, 1.165) is 0 Å². The number of phenols is 1. The van der Waals surface area contributed by atoms with Crippen molar-refractivity contribution in [2.45, 2.75) is 20.8 Å². The van der Waals surface area contributed by atoms with Crippen LogP contribution in [0.4, 0.5) is 5.69 Å². The number of aromatic nitrogens is 3. The zero-order valence-electron chi connectivity index (χ0n) is 12.2. The topological polar surface area (TPSA) is 131 Å². The van der Waals surface area contributed by atoms with E-state index in [2.05, 4.69) is 15.4 Å². The van der Waals surface area contributed by atoms with Crippen LogP contribution in [0.15, 0.2) is 6.07 Å². The van der Waals surface area contributed by atoms with Gasteiger partial charge in [0, 0.05) is 11.6 Å². The van der Waals surface area contributed by atoms with Gasteiger partial charge in [-0.15, -0.1) is 5.10 Å². The van der Waals surface area contributed by atoms with Gasteiger partial charge in [0.1, 0.15) is 11.4 Å². The number of hydrogen-bond acceptors (Lipinski definition) is 7. The Hall–Kier alpha value is -2.97. The Bertz CT molecular complexity index is 753. The first kappa shape index (κ1) is 15.4. The van der Waals surface area contributed by atoms with Crippen molar-refractivity contribution in [3.8, 4) is 17.0 Å². The number of nitro benzene ring substituents is 1. The molecule has 9 heteroatoms. The summed E-state index contributed by atoms with van der Waals surface area (Å²) in [4.78, 5) is 22.4. The number of benzene rings is 1. The minimum absolute atomic E-state index is 0.0141. The maximum Gasteiger partial charge on any atom is 0.361 e. The van der Waals surface area contributed by atoms with E-state index in [9.17, 15) is 20.0 Å². The van der Waals surface area contributed by atoms with Crippen molar-refractivity contribution < 1.29 is 19.6 Å². The molecule has 0 fully saturated rings. The molecule has 0 unspecified atom stereocenters. The number of rotatable bonds is 4. The van der Waals surface area contributed by atoms with E-state index in [1.807, 2.05) is 0 Å². The molecule has 0 atom stereocenters. The summed E-state index contributed by atoms with van der Waals surface area (Å²) in [5.74, 6) is -0.920. The van der Waals surface area contributed by atoms with Gasteiger partial charge in [-0.1, -0.05) is 0 Å². The number of aryl methyl sites for hydroxylation is 1. The number of nitro groups is 1. The third-order valence-corrected chi connectivity index (χ3v) is 3.17. The number of nitrogens with zero attached hydrogens (tertiary/aromatic N) is 3. The van der Waals surface area contributed by atoms with Crippen molar-refractivity contribution in [1.29, 1.82) is 0 Å². The van der Waals surface area contributed by atoms with Crippen LogP contribution in [0, 0.1) is 24.0 Å². The zero-order valence-corrected chi connectivity index (χ0v) is 12.2. The van der Waals surface area contributed by atoms with Crippen LogP contribution in [-0.4, -0.2) is 38.0 Å². The average molecular weight is 306 g/mol. The number of esters is 1. The largest absolute Gasteiger partial charge is 0.507 e. The number of H-pyrrole nitrogens is 1. The van der Waals surface area contributed by atoms with Gasteiger partial charge in [0.05, 0.1) is 17.1 Å². The molecule has 0 bridgehead atoms. The van der Waals surface area contributed by atoms with Gasteiger partial charge < -0.3 is 9.84 Å². The van der Waals surface area contributed by atoms with E-state index in [0.29, 0.717) is 5.56 Å². The third-order valence-electron chi connectivity index (χ3n) is 3.17. The van der Waals surface area contributed by atoms with Crippen LogP contribution in [0.5, 0.6) is 5.75 Å². The van der Waals surface area contributed by atoms with Gasteiger partial charge in [-0.2, -0.15) is 10.3 Å². The summed E-state index contributed by atoms with van der Waals surface area (Å²) in [5.41, 5.74) is 0.268. The summed E-state index contributed by atoms with van der Waals surface area (Å²) in [6, 6.07) is 1.26. The number of phenolic OH excluding ortho intramolecular Hbond substituents is 1. The lowest BCUT2D eigenvalue weighted by molar-refractivity contribution is -0.385. The minimum Gasteiger partial charge on any atom is -0.507 e. The Morgan fingerprint density at radius 2 is 2.14 bits per heavy atom. The molecule has 22 heavy (non-hydrogen) atoms. The molecule has 0 saturated heterocycles. The smallest absolute Gasteiger partial charge is 0.361 e. The molecular formula is C13H14N4O5. The quantitative estimate of drug-likeness (QED) is 0.500. The lowest BCUT2D eigenvalue weighted by atomic mass is 9.98. The average Bonchev–Trinajstić information content (AvgIpc) is 2.92. The molecule has 116 valence electrons. The Kier molecular flexibility index (Phi) is 4.06. The second kappa shape index (κ2) is 5.80. The predicted molar refractivity (Wildman–Crippen MR) is 75.6 cm³/mol. The van der Waals surface area contributed by atoms with Gasteiger partial charge in [0.2, 0.25) is 0 Å². The molecule has 0 aliphatic carbocycles. The molecule has 1 heterocycles. The molecule has 0 saturated carbocycles. The van der Waals surface area contributed by atoms with Crippen molar-refractivity contribution in [2.24, 2.45) is 0 Å². The summed E-state index contributed by atoms with van der Waals surface area (Å²) in [7, 11) is 0. The second-order valence-electron chi connectivity index (χ2n) is 4.56. The van der Waals surface area contributed by atoms with E-state index in [-0.39, 0.29) is 40.6 Å². The summed E-state index contributed by atoms with van der Waals surface area (Å²) in [6.07, 6.45) is 0. The van der Waals surface area contributed by atoms with Crippen LogP contribution in [0.25, 0.3) is 11.3 Å². The fourth-order valence-electron chi connectivity index (χ4n) is 2.11. The van der Waals surface area contributed by atoms with Crippen LogP contribution in [0.1, 0.15) is 28.5 Å². The molecule has 0 radical (unpaired) electrons. The number of carbonyl (C=O) groups excluding carboxylic acids is 1. The molecule has 0 spiro atoms. The number of hydrogen-bond donors (Lipinski definition) is 2. The maximum atomic E-state index is 11.9. The van der Waals surface area contributed by atoms with Crippen LogP contribution < -0.4 is 0 Å². The molecule has 0 aliphatic rings. The van der Waals surface area contributed by atoms with Crippen molar-refractivity contribution in [3.05, 3.63) is 33.0 Å². The third kappa shape index (κ3) is 2.48. The number of nitrogens with one attached hydrogen (secondary N) is 1. The summed E-state index contributed by atoms with van der Waals surface area (Å²) in [5, 5.41) is 31.2. The van der Waals surface area contributed by atoms with Crippen LogP contribution in [0.2, 0.25) is 0 Å². The predicted octanol–water partition coefficient (Wildman–Crippen LogP) is 1.88. The molecule has 1 aromatic heterocycles. The lowest BCUT2D eigenvalue weighted by Crippen LogP contribution is -2.07. The highest BCUT2D eigenvalue weighted by molar-refractivity contribution is 5.96. The second-order valence-corrected chi connectivity index (χ2v) is 4.56. The fourth-order valence-corrected chi connectivity index (χ4v) is 2.11. The van der Waals surface area contributed by atoms with Crippen molar-refractivity contribution in [2.75, 3.05) is 6.61 Å². The number of aromatic hydroxyl groups is 1. The van der Waals surface area contributed by atoms with Crippen LogP contribution in [0.3, 0.4) is 0 Å². The Morgan fingerprint density at radius 1 is 1.45 bits per heavy atom. The highest BCUT2D eigenvalue weighted by atomic mass is 16.6. The highest BCUT2D eigenvalue weighted by Gasteiger charge is 2.27. The maximum absolute atomic E-state index is 11.9. The zero-order chi connectivity index (χ0) is 16.4. The minimum atomic E-state index is -0.728. The Morgan fingerprint density at radius 3 is 2.73 bits per heavy atom. The van der Waals surface area contributed by atoms with Gasteiger partial charge in [-0.25, -0.2) is 4.79 Å². The first-order valence-corrected chi connectivity index (χ1v) is 6.44. The summed E-state index contributed by atoms with van der Waals surface area (Å²) in [6.45, 7) is 4.77. The number of aromatic amines is 1. The highest BCUT2D eigenvalue weighted by Crippen LogP contribution is 2.39. The van der Waals surface area contributed by atoms with Gasteiger partial charge >= 0.3 is 5.97 Å². The lowest BCUT2D eigenvalue weighted by Gasteiger charge is -2.10. The summed E-state index contributed by atoms with van der Waals surface area (Å²) < 4.78 is 4.86. The first-order valence-electron chi connectivity index (χ1n) is 6.44. The molecule has 2 rings (SSSR count). The van der Waals surface area contributed by atoms with Gasteiger partial charge in [-0.3, -0.25) is 10.1 Å². The van der Waals surface area contributed by atoms with Crippen molar-refractivity contribution in [3.63, 3.8) is 0 Å². The van der Waals surface area contributed by atoms with E-state index >= 15 is 0 Å². The number of ether oxygens (including phenoxy) is 1. The van der Waals surface area contributed by atoms with E-state index < -0.39 is 10.9 Å².